The minimum absolute atomic E-state index is 0.809. The molecule has 0 bridgehead atoms. The maximum Gasteiger partial charge on any atom is 0.209 e. The van der Waals surface area contributed by atoms with Crippen LogP contribution in [0.15, 0.2) is 18.2 Å². The average Bonchev–Trinajstić information content (AvgIpc) is 3.07. The van der Waals surface area contributed by atoms with Gasteiger partial charge in [0, 0.05) is 5.69 Å². The van der Waals surface area contributed by atoms with Crippen molar-refractivity contribution in [1.82, 2.24) is 14.7 Å². The summed E-state index contributed by atoms with van der Waals surface area (Å²) in [7, 11) is 0. The van der Waals surface area contributed by atoms with Gasteiger partial charge in [-0.2, -0.15) is 0 Å². The highest BCUT2D eigenvalue weighted by Gasteiger charge is 2.14. The number of aromatic nitrogens is 2. The summed E-state index contributed by atoms with van der Waals surface area (Å²) in [6.07, 6.45) is 2.57. The molecule has 0 aliphatic carbocycles. The van der Waals surface area contributed by atoms with Gasteiger partial charge in [-0.1, -0.05) is 23.5 Å². The third-order valence-electron chi connectivity index (χ3n) is 3.99. The molecule has 0 spiro atoms. The van der Waals surface area contributed by atoms with Crippen LogP contribution in [-0.4, -0.2) is 27.8 Å². The standard InChI is InChI=1S/C15H20N4S2/c1-11-6-5-7-13(12(11)2)16-14-17-19(15(20)21-14)10-18-8-3-4-9-18/h5-7H,3-4,8-10H2,1-2H3,(H,16,17). The van der Waals surface area contributed by atoms with Gasteiger partial charge in [0.2, 0.25) is 5.13 Å². The monoisotopic (exact) mass is 320 g/mol. The highest BCUT2D eigenvalue weighted by molar-refractivity contribution is 7.73. The van der Waals surface area contributed by atoms with Gasteiger partial charge in [-0.25, -0.2) is 4.68 Å². The number of nitrogens with one attached hydrogen (secondary N) is 1. The van der Waals surface area contributed by atoms with Crippen molar-refractivity contribution in [1.29, 1.82) is 0 Å². The molecule has 1 aliphatic rings. The van der Waals surface area contributed by atoms with E-state index >= 15 is 0 Å². The zero-order valence-corrected chi connectivity index (χ0v) is 14.1. The first-order valence-electron chi connectivity index (χ1n) is 7.27. The molecule has 0 radical (unpaired) electrons. The number of aryl methyl sites for hydroxylation is 1. The minimum atomic E-state index is 0.809. The van der Waals surface area contributed by atoms with Crippen molar-refractivity contribution in [2.45, 2.75) is 33.4 Å². The highest BCUT2D eigenvalue weighted by atomic mass is 32.1. The molecule has 21 heavy (non-hydrogen) atoms. The molecule has 6 heteroatoms. The second-order valence-electron chi connectivity index (χ2n) is 5.51. The summed E-state index contributed by atoms with van der Waals surface area (Å²) in [6.45, 7) is 7.36. The fraction of sp³-hybridized carbons (Fsp3) is 0.467. The first-order chi connectivity index (χ1) is 10.1. The van der Waals surface area contributed by atoms with Crippen LogP contribution in [0.2, 0.25) is 0 Å². The smallest absolute Gasteiger partial charge is 0.209 e. The maximum atomic E-state index is 5.43. The molecule has 1 aromatic carbocycles. The van der Waals surface area contributed by atoms with Gasteiger partial charge >= 0.3 is 0 Å². The molecule has 0 saturated carbocycles. The number of hydrogen-bond acceptors (Lipinski definition) is 5. The van der Waals surface area contributed by atoms with E-state index in [0.29, 0.717) is 0 Å². The molecule has 0 amide bonds. The summed E-state index contributed by atoms with van der Waals surface area (Å²) in [6, 6.07) is 6.26. The number of rotatable bonds is 4. The van der Waals surface area contributed by atoms with Gasteiger partial charge in [0.15, 0.2) is 3.95 Å². The van der Waals surface area contributed by atoms with Crippen molar-refractivity contribution in [3.8, 4) is 0 Å². The van der Waals surface area contributed by atoms with Gasteiger partial charge in [0.25, 0.3) is 0 Å². The second-order valence-corrected chi connectivity index (χ2v) is 7.13. The van der Waals surface area contributed by atoms with E-state index in [1.165, 1.54) is 35.3 Å². The van der Waals surface area contributed by atoms with Gasteiger partial charge < -0.3 is 5.32 Å². The van der Waals surface area contributed by atoms with Crippen molar-refractivity contribution in [2.75, 3.05) is 18.4 Å². The van der Waals surface area contributed by atoms with Gasteiger partial charge in [-0.05, 0) is 69.2 Å². The zero-order valence-electron chi connectivity index (χ0n) is 12.4. The third kappa shape index (κ3) is 3.33. The molecule has 1 N–H and O–H groups in total. The Balaban J connectivity index is 1.77. The normalized spacial score (nSPS) is 15.5. The third-order valence-corrected chi connectivity index (χ3v) is 5.21. The summed E-state index contributed by atoms with van der Waals surface area (Å²) in [4.78, 5) is 2.40. The van der Waals surface area contributed by atoms with Crippen molar-refractivity contribution in [3.05, 3.63) is 33.3 Å². The summed E-state index contributed by atoms with van der Waals surface area (Å²) < 4.78 is 2.76. The Hall–Kier alpha value is -1.24. The van der Waals surface area contributed by atoms with Crippen molar-refractivity contribution >= 4 is 34.4 Å². The van der Waals surface area contributed by atoms with Crippen molar-refractivity contribution in [2.24, 2.45) is 0 Å². The van der Waals surface area contributed by atoms with Gasteiger partial charge in [0.05, 0.1) is 6.67 Å². The fourth-order valence-electron chi connectivity index (χ4n) is 2.56. The van der Waals surface area contributed by atoms with Crippen LogP contribution in [0.25, 0.3) is 0 Å². The molecule has 0 unspecified atom stereocenters. The number of anilines is 2. The molecular weight excluding hydrogens is 300 g/mol. The molecule has 2 heterocycles. The van der Waals surface area contributed by atoms with Gasteiger partial charge in [-0.15, -0.1) is 5.10 Å². The van der Waals surface area contributed by atoms with Crippen LogP contribution >= 0.6 is 23.6 Å². The minimum Gasteiger partial charge on any atom is -0.330 e. The lowest BCUT2D eigenvalue weighted by atomic mass is 10.1. The van der Waals surface area contributed by atoms with Crippen LogP contribution in [0, 0.1) is 17.8 Å². The van der Waals surface area contributed by atoms with Crippen LogP contribution < -0.4 is 5.32 Å². The Morgan fingerprint density at radius 2 is 2.05 bits per heavy atom. The van der Waals surface area contributed by atoms with Crippen LogP contribution in [0.3, 0.4) is 0 Å². The van der Waals surface area contributed by atoms with E-state index in [1.807, 2.05) is 4.68 Å². The topological polar surface area (TPSA) is 33.1 Å². The number of likely N-dealkylation sites (tertiary alicyclic amines) is 1. The summed E-state index contributed by atoms with van der Waals surface area (Å²) in [5.41, 5.74) is 3.64. The van der Waals surface area contributed by atoms with Crippen LogP contribution in [0.1, 0.15) is 24.0 Å². The molecule has 0 atom stereocenters. The molecule has 3 rings (SSSR count). The first kappa shape index (κ1) is 14.7. The van der Waals surface area contributed by atoms with E-state index in [1.54, 1.807) is 0 Å². The largest absolute Gasteiger partial charge is 0.330 e. The lowest BCUT2D eigenvalue weighted by molar-refractivity contribution is 0.255. The lowest BCUT2D eigenvalue weighted by Gasteiger charge is -2.13. The Kier molecular flexibility index (Phi) is 4.37. The van der Waals surface area contributed by atoms with Crippen LogP contribution in [-0.2, 0) is 6.67 Å². The molecule has 1 aromatic heterocycles. The summed E-state index contributed by atoms with van der Waals surface area (Å²) in [5, 5.41) is 8.89. The zero-order chi connectivity index (χ0) is 14.8. The molecule has 1 fully saturated rings. The highest BCUT2D eigenvalue weighted by Crippen LogP contribution is 2.25. The fourth-order valence-corrected chi connectivity index (χ4v) is 3.57. The lowest BCUT2D eigenvalue weighted by Crippen LogP contribution is -2.23. The number of benzene rings is 1. The predicted molar refractivity (Wildman–Crippen MR) is 90.9 cm³/mol. The van der Waals surface area contributed by atoms with Crippen LogP contribution in [0.4, 0.5) is 10.8 Å². The van der Waals surface area contributed by atoms with E-state index in [4.69, 9.17) is 12.2 Å². The van der Waals surface area contributed by atoms with Gasteiger partial charge in [0.1, 0.15) is 0 Å². The van der Waals surface area contributed by atoms with Crippen molar-refractivity contribution < 1.29 is 0 Å². The Morgan fingerprint density at radius 3 is 2.81 bits per heavy atom. The maximum absolute atomic E-state index is 5.43. The Morgan fingerprint density at radius 1 is 1.29 bits per heavy atom. The first-order valence-corrected chi connectivity index (χ1v) is 8.49. The molecule has 2 aromatic rings. The molecular formula is C15H20N4S2. The van der Waals surface area contributed by atoms with Crippen LogP contribution in [0.5, 0.6) is 0 Å². The summed E-state index contributed by atoms with van der Waals surface area (Å²) >= 11 is 6.97. The van der Waals surface area contributed by atoms with E-state index < -0.39 is 0 Å². The van der Waals surface area contributed by atoms with E-state index in [-0.39, 0.29) is 0 Å². The molecule has 4 nitrogen and oxygen atoms in total. The van der Waals surface area contributed by atoms with E-state index in [0.717, 1.165) is 34.5 Å². The SMILES string of the molecule is Cc1cccc(Nc2nn(CN3CCCC3)c(=S)s2)c1C. The summed E-state index contributed by atoms with van der Waals surface area (Å²) in [5.74, 6) is 0. The second kappa shape index (κ2) is 6.25. The predicted octanol–water partition coefficient (Wildman–Crippen LogP) is 4.09. The molecule has 112 valence electrons. The Labute approximate surface area is 134 Å². The van der Waals surface area contributed by atoms with E-state index in [2.05, 4.69) is 47.4 Å². The Bertz CT molecular complexity index is 683. The number of nitrogens with zero attached hydrogens (tertiary/aromatic N) is 3. The molecule has 1 aliphatic heterocycles. The van der Waals surface area contributed by atoms with Gasteiger partial charge in [-0.3, -0.25) is 4.90 Å². The molecule has 1 saturated heterocycles. The van der Waals surface area contributed by atoms with Crippen molar-refractivity contribution in [3.63, 3.8) is 0 Å². The van der Waals surface area contributed by atoms with E-state index in [9.17, 15) is 0 Å². The quantitative estimate of drug-likeness (QED) is 0.860. The number of hydrogen-bond donors (Lipinski definition) is 1. The average molecular weight is 320 g/mol.